The summed E-state index contributed by atoms with van der Waals surface area (Å²) in [6, 6.07) is 0. The number of hydrogen-bond acceptors (Lipinski definition) is 1. The molecule has 0 atom stereocenters. The number of carbonyl (C=O) groups is 1. The van der Waals surface area contributed by atoms with Gasteiger partial charge >= 0.3 is 0 Å². The fraction of sp³-hybridized carbons (Fsp3) is 0.875. The van der Waals surface area contributed by atoms with Gasteiger partial charge in [-0.05, 0) is 12.8 Å². The highest BCUT2D eigenvalue weighted by molar-refractivity contribution is 5.73. The lowest BCUT2D eigenvalue weighted by Gasteiger charge is -2.30. The average Bonchev–Trinajstić information content (AvgIpc) is 2.04. The van der Waals surface area contributed by atoms with E-state index in [0.717, 1.165) is 0 Å². The van der Waals surface area contributed by atoms with Gasteiger partial charge in [-0.1, -0.05) is 0 Å². The molecule has 70 valence electrons. The van der Waals surface area contributed by atoms with Crippen molar-refractivity contribution < 1.29 is 13.6 Å². The van der Waals surface area contributed by atoms with E-state index < -0.39 is 12.3 Å². The quantitative estimate of drug-likeness (QED) is 0.594. The van der Waals surface area contributed by atoms with Crippen LogP contribution in [0.5, 0.6) is 0 Å². The third kappa shape index (κ3) is 2.16. The minimum atomic E-state index is -2.22. The summed E-state index contributed by atoms with van der Waals surface area (Å²) < 4.78 is 24.3. The Kier molecular flexibility index (Phi) is 3.00. The Morgan fingerprint density at radius 3 is 2.25 bits per heavy atom. The van der Waals surface area contributed by atoms with Crippen molar-refractivity contribution in [3.05, 3.63) is 0 Å². The number of piperidine rings is 1. The van der Waals surface area contributed by atoms with Gasteiger partial charge in [0.25, 0.3) is 0 Å². The van der Waals surface area contributed by atoms with E-state index >= 15 is 0 Å². The lowest BCUT2D eigenvalue weighted by atomic mass is 9.97. The Morgan fingerprint density at radius 1 is 1.42 bits per heavy atom. The van der Waals surface area contributed by atoms with Crippen molar-refractivity contribution in [1.29, 1.82) is 0 Å². The smallest absolute Gasteiger partial charge is 0.241 e. The predicted molar refractivity (Wildman–Crippen MR) is 41.0 cm³/mol. The maximum absolute atomic E-state index is 12.1. The maximum atomic E-state index is 12.1. The monoisotopic (exact) mass is 177 g/mol. The topological polar surface area (TPSA) is 20.3 Å². The molecule has 0 unspecified atom stereocenters. The Hall–Kier alpha value is -0.670. The van der Waals surface area contributed by atoms with Crippen molar-refractivity contribution in [2.75, 3.05) is 13.1 Å². The first kappa shape index (κ1) is 9.42. The molecule has 0 aliphatic carbocycles. The normalized spacial score (nSPS) is 20.2. The highest BCUT2D eigenvalue weighted by atomic mass is 19.3. The van der Waals surface area contributed by atoms with E-state index in [2.05, 4.69) is 0 Å². The van der Waals surface area contributed by atoms with Gasteiger partial charge in [-0.15, -0.1) is 0 Å². The molecule has 1 heterocycles. The zero-order chi connectivity index (χ0) is 9.14. The fourth-order valence-electron chi connectivity index (χ4n) is 1.47. The zero-order valence-corrected chi connectivity index (χ0v) is 7.09. The molecule has 0 aromatic rings. The van der Waals surface area contributed by atoms with Crippen molar-refractivity contribution in [3.63, 3.8) is 0 Å². The number of likely N-dealkylation sites (tertiary alicyclic amines) is 1. The molecule has 1 amide bonds. The second-order valence-corrected chi connectivity index (χ2v) is 3.18. The Morgan fingerprint density at radius 2 is 1.92 bits per heavy atom. The van der Waals surface area contributed by atoms with Crippen molar-refractivity contribution in [2.45, 2.75) is 26.2 Å². The van der Waals surface area contributed by atoms with Gasteiger partial charge in [0.2, 0.25) is 12.3 Å². The van der Waals surface area contributed by atoms with E-state index in [0.29, 0.717) is 25.9 Å². The number of nitrogens with zero attached hydrogens (tertiary/aromatic N) is 1. The summed E-state index contributed by atoms with van der Waals surface area (Å²) in [6.07, 6.45) is -1.34. The van der Waals surface area contributed by atoms with E-state index in [1.54, 1.807) is 4.90 Å². The van der Waals surface area contributed by atoms with Gasteiger partial charge in [0.15, 0.2) is 0 Å². The zero-order valence-electron chi connectivity index (χ0n) is 7.09. The van der Waals surface area contributed by atoms with Crippen LogP contribution in [0, 0.1) is 5.92 Å². The number of carbonyl (C=O) groups excluding carboxylic acids is 1. The molecule has 0 aromatic heterocycles. The first-order valence-corrected chi connectivity index (χ1v) is 4.15. The highest BCUT2D eigenvalue weighted by Gasteiger charge is 2.26. The van der Waals surface area contributed by atoms with Gasteiger partial charge in [0.05, 0.1) is 0 Å². The molecule has 0 bridgehead atoms. The van der Waals surface area contributed by atoms with Gasteiger partial charge < -0.3 is 4.90 Å². The summed E-state index contributed by atoms with van der Waals surface area (Å²) in [6.45, 7) is 2.46. The minimum absolute atomic E-state index is 0.0114. The predicted octanol–water partition coefficient (Wildman–Crippen LogP) is 1.51. The van der Waals surface area contributed by atoms with Crippen LogP contribution in [0.15, 0.2) is 0 Å². The summed E-state index contributed by atoms with van der Waals surface area (Å²) in [5.41, 5.74) is 0. The molecule has 0 N–H and O–H groups in total. The number of hydrogen-bond donors (Lipinski definition) is 0. The number of rotatable bonds is 1. The van der Waals surface area contributed by atoms with Gasteiger partial charge in [0, 0.05) is 25.9 Å². The van der Waals surface area contributed by atoms with Crippen molar-refractivity contribution in [3.8, 4) is 0 Å². The summed E-state index contributed by atoms with van der Waals surface area (Å²) in [7, 11) is 0. The maximum Gasteiger partial charge on any atom is 0.241 e. The largest absolute Gasteiger partial charge is 0.343 e. The summed E-state index contributed by atoms with van der Waals surface area (Å²) >= 11 is 0. The van der Waals surface area contributed by atoms with Crippen LogP contribution in [0.2, 0.25) is 0 Å². The summed E-state index contributed by atoms with van der Waals surface area (Å²) in [4.78, 5) is 12.4. The molecular formula is C8H13F2NO. The van der Waals surface area contributed by atoms with E-state index in [-0.39, 0.29) is 5.91 Å². The van der Waals surface area contributed by atoms with Crippen LogP contribution < -0.4 is 0 Å². The van der Waals surface area contributed by atoms with Crippen molar-refractivity contribution in [2.24, 2.45) is 5.92 Å². The lowest BCUT2D eigenvalue weighted by Crippen LogP contribution is -2.38. The second kappa shape index (κ2) is 3.83. The molecule has 4 heteroatoms. The SMILES string of the molecule is CC(=O)N1CCC(C(F)F)CC1. The number of halogens is 2. The van der Waals surface area contributed by atoms with Crippen LogP contribution in [-0.2, 0) is 4.79 Å². The van der Waals surface area contributed by atoms with Crippen LogP contribution in [-0.4, -0.2) is 30.3 Å². The Balaban J connectivity index is 2.34. The highest BCUT2D eigenvalue weighted by Crippen LogP contribution is 2.23. The Bertz CT molecular complexity index is 164. The molecule has 1 aliphatic rings. The summed E-state index contributed by atoms with van der Waals surface area (Å²) in [5.74, 6) is -0.511. The molecule has 0 spiro atoms. The molecule has 1 aliphatic heterocycles. The third-order valence-electron chi connectivity index (χ3n) is 2.34. The van der Waals surface area contributed by atoms with Crippen LogP contribution in [0.1, 0.15) is 19.8 Å². The van der Waals surface area contributed by atoms with Gasteiger partial charge in [-0.2, -0.15) is 0 Å². The average molecular weight is 177 g/mol. The number of alkyl halides is 2. The van der Waals surface area contributed by atoms with Crippen LogP contribution in [0.4, 0.5) is 8.78 Å². The van der Waals surface area contributed by atoms with E-state index in [1.807, 2.05) is 0 Å². The number of amides is 1. The molecule has 1 fully saturated rings. The molecule has 0 aromatic carbocycles. The molecule has 0 radical (unpaired) electrons. The van der Waals surface area contributed by atoms with Gasteiger partial charge in [-0.3, -0.25) is 4.79 Å². The minimum Gasteiger partial charge on any atom is -0.343 e. The molecule has 1 rings (SSSR count). The Labute approximate surface area is 70.5 Å². The van der Waals surface area contributed by atoms with Crippen LogP contribution in [0.25, 0.3) is 0 Å². The van der Waals surface area contributed by atoms with E-state index in [4.69, 9.17) is 0 Å². The van der Waals surface area contributed by atoms with Gasteiger partial charge in [0.1, 0.15) is 0 Å². The molecule has 0 saturated carbocycles. The molecule has 2 nitrogen and oxygen atoms in total. The first-order chi connectivity index (χ1) is 5.61. The molecular weight excluding hydrogens is 164 g/mol. The van der Waals surface area contributed by atoms with Crippen molar-refractivity contribution >= 4 is 5.91 Å². The van der Waals surface area contributed by atoms with Crippen LogP contribution in [0.3, 0.4) is 0 Å². The fourth-order valence-corrected chi connectivity index (χ4v) is 1.47. The second-order valence-electron chi connectivity index (χ2n) is 3.18. The third-order valence-corrected chi connectivity index (χ3v) is 2.34. The van der Waals surface area contributed by atoms with Gasteiger partial charge in [-0.25, -0.2) is 8.78 Å². The first-order valence-electron chi connectivity index (χ1n) is 4.15. The standard InChI is InChI=1S/C8H13F2NO/c1-6(12)11-4-2-7(3-5-11)8(9)10/h7-8H,2-5H2,1H3. The van der Waals surface area contributed by atoms with E-state index in [1.165, 1.54) is 6.92 Å². The molecule has 1 saturated heterocycles. The summed E-state index contributed by atoms with van der Waals surface area (Å²) in [5, 5.41) is 0. The van der Waals surface area contributed by atoms with E-state index in [9.17, 15) is 13.6 Å². The lowest BCUT2D eigenvalue weighted by molar-refractivity contribution is -0.131. The van der Waals surface area contributed by atoms with Crippen LogP contribution >= 0.6 is 0 Å². The van der Waals surface area contributed by atoms with Crippen molar-refractivity contribution in [1.82, 2.24) is 4.90 Å². The molecule has 12 heavy (non-hydrogen) atoms.